The number of aryl methyl sites for hydroxylation is 1. The van der Waals surface area contributed by atoms with Crippen molar-refractivity contribution in [1.29, 1.82) is 0 Å². The fraction of sp³-hybridized carbons (Fsp3) is 0.0333. The second-order valence-corrected chi connectivity index (χ2v) is 16.1. The quantitative estimate of drug-likeness (QED) is 0.149. The van der Waals surface area contributed by atoms with Gasteiger partial charge in [-0.3, -0.25) is 0 Å². The van der Waals surface area contributed by atoms with Crippen LogP contribution >= 0.6 is 0 Å². The zero-order chi connectivity index (χ0) is 40.8. The predicted molar refractivity (Wildman–Crippen MR) is 257 cm³/mol. The molecule has 10 aromatic carbocycles. The highest BCUT2D eigenvalue weighted by Gasteiger charge is 2.47. The SMILES string of the molecule is Cc1ccc(-c2ccc(-c3ccc(N(c4ccc(-c5cccc6ccccc56)cc4)c4cccc5c4-c4ccccc4C5(c4ccccc4)c4ccccc4)cc3)cc2)cc1. The molecule has 1 nitrogen and oxygen atoms in total. The number of hydrogen-bond acceptors (Lipinski definition) is 1. The molecule has 0 unspecified atom stereocenters. The Bertz CT molecular complexity index is 3100. The second-order valence-electron chi connectivity index (χ2n) is 16.1. The van der Waals surface area contributed by atoms with Gasteiger partial charge in [-0.25, -0.2) is 0 Å². The van der Waals surface area contributed by atoms with Crippen LogP contribution in [-0.2, 0) is 5.41 Å². The lowest BCUT2D eigenvalue weighted by Gasteiger charge is -2.34. The molecular weight excluding hydrogens is 735 g/mol. The Labute approximate surface area is 358 Å². The predicted octanol–water partition coefficient (Wildman–Crippen LogP) is 16.0. The van der Waals surface area contributed by atoms with Gasteiger partial charge in [-0.05, 0) is 109 Å². The highest BCUT2D eigenvalue weighted by Crippen LogP contribution is 2.59. The van der Waals surface area contributed by atoms with Crippen LogP contribution < -0.4 is 4.90 Å². The van der Waals surface area contributed by atoms with Crippen molar-refractivity contribution >= 4 is 27.8 Å². The summed E-state index contributed by atoms with van der Waals surface area (Å²) in [6.45, 7) is 2.13. The van der Waals surface area contributed by atoms with Crippen molar-refractivity contribution in [2.24, 2.45) is 0 Å². The van der Waals surface area contributed by atoms with E-state index in [0.717, 1.165) is 17.1 Å². The van der Waals surface area contributed by atoms with Crippen molar-refractivity contribution in [3.05, 3.63) is 270 Å². The third-order valence-electron chi connectivity index (χ3n) is 12.7. The van der Waals surface area contributed by atoms with E-state index in [9.17, 15) is 0 Å². The fourth-order valence-corrected chi connectivity index (χ4v) is 9.76. The van der Waals surface area contributed by atoms with Crippen LogP contribution in [0.5, 0.6) is 0 Å². The molecule has 0 amide bonds. The number of rotatable bonds is 8. The van der Waals surface area contributed by atoms with Gasteiger partial charge in [0.2, 0.25) is 0 Å². The smallest absolute Gasteiger partial charge is 0.0714 e. The van der Waals surface area contributed by atoms with E-state index < -0.39 is 5.41 Å². The molecule has 1 aliphatic rings. The summed E-state index contributed by atoms with van der Waals surface area (Å²) in [6, 6.07) is 89.2. The maximum atomic E-state index is 2.46. The van der Waals surface area contributed by atoms with Crippen molar-refractivity contribution in [1.82, 2.24) is 0 Å². The van der Waals surface area contributed by atoms with Crippen molar-refractivity contribution in [2.45, 2.75) is 12.3 Å². The van der Waals surface area contributed by atoms with Crippen molar-refractivity contribution < 1.29 is 0 Å². The molecule has 0 saturated heterocycles. The van der Waals surface area contributed by atoms with Crippen molar-refractivity contribution in [2.75, 3.05) is 4.90 Å². The molecule has 1 heteroatoms. The Balaban J connectivity index is 1.08. The van der Waals surface area contributed by atoms with Crippen LogP contribution in [0.4, 0.5) is 17.1 Å². The Hall–Kier alpha value is -7.74. The van der Waals surface area contributed by atoms with Gasteiger partial charge in [0.25, 0.3) is 0 Å². The van der Waals surface area contributed by atoms with Gasteiger partial charge in [0.15, 0.2) is 0 Å². The summed E-state index contributed by atoms with van der Waals surface area (Å²) in [7, 11) is 0. The molecule has 10 aromatic rings. The minimum Gasteiger partial charge on any atom is -0.310 e. The van der Waals surface area contributed by atoms with E-state index in [1.165, 1.54) is 83.1 Å². The van der Waals surface area contributed by atoms with Crippen molar-refractivity contribution in [3.8, 4) is 44.5 Å². The number of hydrogen-bond donors (Lipinski definition) is 0. The van der Waals surface area contributed by atoms with Crippen LogP contribution in [0.1, 0.15) is 27.8 Å². The molecule has 0 radical (unpaired) electrons. The molecule has 0 fully saturated rings. The lowest BCUT2D eigenvalue weighted by molar-refractivity contribution is 0.768. The zero-order valence-electron chi connectivity index (χ0n) is 34.0. The van der Waals surface area contributed by atoms with Gasteiger partial charge in [0.05, 0.1) is 11.1 Å². The van der Waals surface area contributed by atoms with Gasteiger partial charge in [-0.1, -0.05) is 218 Å². The van der Waals surface area contributed by atoms with Crippen LogP contribution in [0.15, 0.2) is 243 Å². The summed E-state index contributed by atoms with van der Waals surface area (Å²) in [5.74, 6) is 0. The third-order valence-corrected chi connectivity index (χ3v) is 12.7. The van der Waals surface area contributed by atoms with E-state index in [4.69, 9.17) is 0 Å². The normalized spacial score (nSPS) is 12.5. The van der Waals surface area contributed by atoms with Crippen LogP contribution in [0.3, 0.4) is 0 Å². The van der Waals surface area contributed by atoms with Gasteiger partial charge < -0.3 is 4.90 Å². The van der Waals surface area contributed by atoms with E-state index in [-0.39, 0.29) is 0 Å². The highest BCUT2D eigenvalue weighted by molar-refractivity contribution is 5.99. The summed E-state index contributed by atoms with van der Waals surface area (Å²) < 4.78 is 0. The zero-order valence-corrected chi connectivity index (χ0v) is 34.0. The number of benzene rings is 10. The lowest BCUT2D eigenvalue weighted by atomic mass is 9.68. The average molecular weight is 778 g/mol. The first kappa shape index (κ1) is 36.3. The molecule has 0 saturated carbocycles. The molecule has 0 aliphatic heterocycles. The van der Waals surface area contributed by atoms with Crippen LogP contribution in [-0.4, -0.2) is 0 Å². The number of fused-ring (bicyclic) bond motifs is 4. The molecule has 0 heterocycles. The highest BCUT2D eigenvalue weighted by atomic mass is 15.1. The average Bonchev–Trinajstić information content (AvgIpc) is 3.64. The molecular formula is C60H43N. The standard InChI is InChI=1S/C60H43N/c1-42-26-28-43(29-27-42)44-30-32-45(33-31-44)46-34-38-51(39-35-46)61(52-40-36-48(37-41-52)54-22-12-15-47-14-8-9-20-53(47)54)58-25-13-24-57-59(58)55-21-10-11-23-56(55)60(57,49-16-4-2-5-17-49)50-18-6-3-7-19-50/h2-41H,1H3. The second kappa shape index (κ2) is 15.1. The monoisotopic (exact) mass is 777 g/mol. The summed E-state index contributed by atoms with van der Waals surface area (Å²) in [4.78, 5) is 2.46. The molecule has 11 rings (SSSR count). The molecule has 0 aromatic heterocycles. The minimum atomic E-state index is -0.497. The van der Waals surface area contributed by atoms with E-state index in [0.29, 0.717) is 0 Å². The van der Waals surface area contributed by atoms with Gasteiger partial charge in [-0.15, -0.1) is 0 Å². The van der Waals surface area contributed by atoms with E-state index in [2.05, 4.69) is 254 Å². The summed E-state index contributed by atoms with van der Waals surface area (Å²) in [5.41, 5.74) is 19.0. The minimum absolute atomic E-state index is 0.497. The van der Waals surface area contributed by atoms with E-state index in [1.54, 1.807) is 0 Å². The number of nitrogens with zero attached hydrogens (tertiary/aromatic N) is 1. The van der Waals surface area contributed by atoms with Gasteiger partial charge >= 0.3 is 0 Å². The van der Waals surface area contributed by atoms with Gasteiger partial charge in [-0.2, -0.15) is 0 Å². The first-order valence-corrected chi connectivity index (χ1v) is 21.2. The maximum absolute atomic E-state index is 2.46. The molecule has 0 bridgehead atoms. The Morgan fingerprint density at radius 1 is 0.328 bits per heavy atom. The molecule has 0 atom stereocenters. The molecule has 0 spiro atoms. The summed E-state index contributed by atoms with van der Waals surface area (Å²) in [6.07, 6.45) is 0. The lowest BCUT2D eigenvalue weighted by Crippen LogP contribution is -2.28. The fourth-order valence-electron chi connectivity index (χ4n) is 9.76. The van der Waals surface area contributed by atoms with E-state index >= 15 is 0 Å². The van der Waals surface area contributed by atoms with Crippen molar-refractivity contribution in [3.63, 3.8) is 0 Å². The Morgan fingerprint density at radius 3 is 1.39 bits per heavy atom. The van der Waals surface area contributed by atoms with Crippen LogP contribution in [0.25, 0.3) is 55.3 Å². The molecule has 1 aliphatic carbocycles. The Morgan fingerprint density at radius 2 is 0.770 bits per heavy atom. The van der Waals surface area contributed by atoms with Gasteiger partial charge in [0, 0.05) is 16.9 Å². The maximum Gasteiger partial charge on any atom is 0.0714 e. The number of anilines is 3. The molecule has 0 N–H and O–H groups in total. The summed E-state index contributed by atoms with van der Waals surface area (Å²) in [5, 5.41) is 2.50. The first-order valence-electron chi connectivity index (χ1n) is 21.2. The van der Waals surface area contributed by atoms with E-state index in [1.807, 2.05) is 0 Å². The van der Waals surface area contributed by atoms with Gasteiger partial charge in [0.1, 0.15) is 0 Å². The largest absolute Gasteiger partial charge is 0.310 e. The van der Waals surface area contributed by atoms with Crippen LogP contribution in [0, 0.1) is 6.92 Å². The van der Waals surface area contributed by atoms with Crippen LogP contribution in [0.2, 0.25) is 0 Å². The summed E-state index contributed by atoms with van der Waals surface area (Å²) >= 11 is 0. The Kier molecular flexibility index (Phi) is 9.02. The molecule has 61 heavy (non-hydrogen) atoms. The first-order chi connectivity index (χ1) is 30.2. The third kappa shape index (κ3) is 6.17. The molecule has 288 valence electrons. The topological polar surface area (TPSA) is 3.24 Å².